The number of carbonyl (C=O) groups excluding carboxylic acids is 1. The number of nitrogens with zero attached hydrogens (tertiary/aromatic N) is 2. The first kappa shape index (κ1) is 14.5. The molecule has 0 aliphatic heterocycles. The number of nitrogens with one attached hydrogen (secondary N) is 1. The first-order valence-corrected chi connectivity index (χ1v) is 7.84. The third kappa shape index (κ3) is 2.92. The summed E-state index contributed by atoms with van der Waals surface area (Å²) < 4.78 is 5.10. The third-order valence-corrected chi connectivity index (χ3v) is 4.05. The number of fused-ring (bicyclic) bond motifs is 1. The Morgan fingerprint density at radius 2 is 2.09 bits per heavy atom. The zero-order chi connectivity index (χ0) is 15.4. The van der Waals surface area contributed by atoms with Crippen LogP contribution in [0.2, 0.25) is 0 Å². The molecule has 112 valence electrons. The second-order valence-electron chi connectivity index (χ2n) is 4.61. The lowest BCUT2D eigenvalue weighted by molar-refractivity contribution is 0.0529. The quantitative estimate of drug-likeness (QED) is 0.731. The fraction of sp³-hybridized carbons (Fsp3) is 0.188. The monoisotopic (exact) mass is 313 g/mol. The second kappa shape index (κ2) is 6.53. The van der Waals surface area contributed by atoms with E-state index in [-0.39, 0.29) is 5.97 Å². The molecule has 3 aromatic rings. The maximum Gasteiger partial charge on any atom is 0.339 e. The lowest BCUT2D eigenvalue weighted by atomic mass is 10.2. The number of aromatic nitrogens is 2. The highest BCUT2D eigenvalue weighted by atomic mass is 32.1. The molecular weight excluding hydrogens is 298 g/mol. The summed E-state index contributed by atoms with van der Waals surface area (Å²) in [6, 6.07) is 10.0. The normalized spacial score (nSPS) is 10.6. The van der Waals surface area contributed by atoms with E-state index in [1.807, 2.05) is 30.3 Å². The summed E-state index contributed by atoms with van der Waals surface area (Å²) in [6.45, 7) is 2.76. The molecule has 0 atom stereocenters. The number of carbonyl (C=O) groups is 1. The SMILES string of the molecule is CCOC(=O)c1csc2ncnc(NCc3ccccc3)c12. The average Bonchev–Trinajstić information content (AvgIpc) is 2.99. The lowest BCUT2D eigenvalue weighted by Gasteiger charge is -2.08. The van der Waals surface area contributed by atoms with Crippen molar-refractivity contribution in [3.63, 3.8) is 0 Å². The molecule has 2 heterocycles. The molecule has 2 aromatic heterocycles. The van der Waals surface area contributed by atoms with Gasteiger partial charge >= 0.3 is 5.97 Å². The molecule has 0 saturated carbocycles. The van der Waals surface area contributed by atoms with Crippen molar-refractivity contribution in [2.75, 3.05) is 11.9 Å². The van der Waals surface area contributed by atoms with E-state index in [4.69, 9.17) is 4.74 Å². The predicted molar refractivity (Wildman–Crippen MR) is 87.1 cm³/mol. The summed E-state index contributed by atoms with van der Waals surface area (Å²) in [4.78, 5) is 21.3. The molecule has 0 aliphatic rings. The molecule has 1 N–H and O–H groups in total. The largest absolute Gasteiger partial charge is 0.462 e. The van der Waals surface area contributed by atoms with Crippen molar-refractivity contribution in [2.45, 2.75) is 13.5 Å². The van der Waals surface area contributed by atoms with Crippen molar-refractivity contribution in [3.05, 3.63) is 53.2 Å². The van der Waals surface area contributed by atoms with E-state index in [0.29, 0.717) is 24.5 Å². The molecule has 0 spiro atoms. The number of anilines is 1. The van der Waals surface area contributed by atoms with Crippen LogP contribution >= 0.6 is 11.3 Å². The maximum atomic E-state index is 12.0. The van der Waals surface area contributed by atoms with Gasteiger partial charge in [0.05, 0.1) is 17.6 Å². The molecule has 3 rings (SSSR count). The van der Waals surface area contributed by atoms with Gasteiger partial charge in [0.1, 0.15) is 17.0 Å². The highest BCUT2D eigenvalue weighted by molar-refractivity contribution is 7.17. The van der Waals surface area contributed by atoms with E-state index in [1.165, 1.54) is 17.7 Å². The standard InChI is InChI=1S/C16H15N3O2S/c1-2-21-16(20)12-9-22-15-13(12)14(18-10-19-15)17-8-11-6-4-3-5-7-11/h3-7,9-10H,2,8H2,1H3,(H,17,18,19). The molecule has 0 bridgehead atoms. The number of ether oxygens (including phenoxy) is 1. The van der Waals surface area contributed by atoms with Crippen LogP contribution in [0.1, 0.15) is 22.8 Å². The molecular formula is C16H15N3O2S. The van der Waals surface area contributed by atoms with E-state index in [0.717, 1.165) is 15.8 Å². The Bertz CT molecular complexity index is 786. The van der Waals surface area contributed by atoms with Crippen molar-refractivity contribution >= 4 is 33.3 Å². The molecule has 0 radical (unpaired) electrons. The van der Waals surface area contributed by atoms with E-state index >= 15 is 0 Å². The van der Waals surface area contributed by atoms with Crippen LogP contribution in [0.3, 0.4) is 0 Å². The van der Waals surface area contributed by atoms with E-state index in [2.05, 4.69) is 15.3 Å². The van der Waals surface area contributed by atoms with Gasteiger partial charge in [-0.25, -0.2) is 14.8 Å². The van der Waals surface area contributed by atoms with Crippen LogP contribution in [0.25, 0.3) is 10.2 Å². The third-order valence-electron chi connectivity index (χ3n) is 3.17. The summed E-state index contributed by atoms with van der Waals surface area (Å²) in [5.74, 6) is 0.310. The molecule has 0 fully saturated rings. The van der Waals surface area contributed by atoms with Gasteiger partial charge in [-0.15, -0.1) is 11.3 Å². The minimum absolute atomic E-state index is 0.341. The van der Waals surface area contributed by atoms with Crippen molar-refractivity contribution in [1.29, 1.82) is 0 Å². The van der Waals surface area contributed by atoms with Crippen molar-refractivity contribution in [1.82, 2.24) is 9.97 Å². The van der Waals surface area contributed by atoms with E-state index in [1.54, 1.807) is 12.3 Å². The van der Waals surface area contributed by atoms with Crippen molar-refractivity contribution in [3.8, 4) is 0 Å². The average molecular weight is 313 g/mol. The lowest BCUT2D eigenvalue weighted by Crippen LogP contribution is -2.07. The van der Waals surface area contributed by atoms with Gasteiger partial charge in [0.15, 0.2) is 0 Å². The van der Waals surface area contributed by atoms with Gasteiger partial charge < -0.3 is 10.1 Å². The van der Waals surface area contributed by atoms with Gasteiger partial charge in [0.2, 0.25) is 0 Å². The summed E-state index contributed by atoms with van der Waals surface area (Å²) in [5.41, 5.74) is 1.65. The highest BCUT2D eigenvalue weighted by Gasteiger charge is 2.18. The van der Waals surface area contributed by atoms with E-state index in [9.17, 15) is 4.79 Å². The number of hydrogen-bond donors (Lipinski definition) is 1. The summed E-state index contributed by atoms with van der Waals surface area (Å²) in [6.07, 6.45) is 1.50. The topological polar surface area (TPSA) is 64.1 Å². The van der Waals surface area contributed by atoms with Gasteiger partial charge in [-0.05, 0) is 12.5 Å². The number of rotatable bonds is 5. The van der Waals surface area contributed by atoms with Crippen LogP contribution in [0.15, 0.2) is 42.0 Å². The number of hydrogen-bond acceptors (Lipinski definition) is 6. The van der Waals surface area contributed by atoms with E-state index < -0.39 is 0 Å². The van der Waals surface area contributed by atoms with Gasteiger partial charge in [-0.2, -0.15) is 0 Å². The maximum absolute atomic E-state index is 12.0. The van der Waals surface area contributed by atoms with Crippen molar-refractivity contribution < 1.29 is 9.53 Å². The number of thiophene rings is 1. The smallest absolute Gasteiger partial charge is 0.339 e. The van der Waals surface area contributed by atoms with Gasteiger partial charge in [-0.3, -0.25) is 0 Å². The minimum atomic E-state index is -0.341. The Labute approximate surface area is 132 Å². The van der Waals surface area contributed by atoms with Crippen molar-refractivity contribution in [2.24, 2.45) is 0 Å². The molecule has 0 amide bonds. The molecule has 0 saturated heterocycles. The zero-order valence-electron chi connectivity index (χ0n) is 12.1. The highest BCUT2D eigenvalue weighted by Crippen LogP contribution is 2.30. The van der Waals surface area contributed by atoms with Gasteiger partial charge in [0, 0.05) is 11.9 Å². The number of benzene rings is 1. The Morgan fingerprint density at radius 1 is 1.27 bits per heavy atom. The Morgan fingerprint density at radius 3 is 2.86 bits per heavy atom. The van der Waals surface area contributed by atoms with Crippen LogP contribution in [0.5, 0.6) is 0 Å². The Hall–Kier alpha value is -2.47. The van der Waals surface area contributed by atoms with Crippen LogP contribution in [-0.2, 0) is 11.3 Å². The molecule has 22 heavy (non-hydrogen) atoms. The van der Waals surface area contributed by atoms with Gasteiger partial charge in [0.25, 0.3) is 0 Å². The molecule has 0 aliphatic carbocycles. The Kier molecular flexibility index (Phi) is 4.29. The predicted octanol–water partition coefficient (Wildman–Crippen LogP) is 3.48. The first-order chi connectivity index (χ1) is 10.8. The zero-order valence-corrected chi connectivity index (χ0v) is 12.9. The molecule has 0 unspecified atom stereocenters. The summed E-state index contributed by atoms with van der Waals surface area (Å²) in [5, 5.41) is 5.77. The summed E-state index contributed by atoms with van der Waals surface area (Å²) >= 11 is 1.41. The fourth-order valence-electron chi connectivity index (χ4n) is 2.15. The number of esters is 1. The molecule has 1 aromatic carbocycles. The second-order valence-corrected chi connectivity index (χ2v) is 5.47. The van der Waals surface area contributed by atoms with Crippen LogP contribution in [0, 0.1) is 0 Å². The first-order valence-electron chi connectivity index (χ1n) is 6.96. The van der Waals surface area contributed by atoms with Crippen LogP contribution in [-0.4, -0.2) is 22.5 Å². The molecule has 6 heteroatoms. The molecule has 5 nitrogen and oxygen atoms in total. The fourth-order valence-corrected chi connectivity index (χ4v) is 3.03. The minimum Gasteiger partial charge on any atom is -0.462 e. The Balaban J connectivity index is 1.92. The van der Waals surface area contributed by atoms with Crippen LogP contribution < -0.4 is 5.32 Å². The van der Waals surface area contributed by atoms with Crippen LogP contribution in [0.4, 0.5) is 5.82 Å². The summed E-state index contributed by atoms with van der Waals surface area (Å²) in [7, 11) is 0. The van der Waals surface area contributed by atoms with Gasteiger partial charge in [-0.1, -0.05) is 30.3 Å².